The predicted molar refractivity (Wildman–Crippen MR) is 102 cm³/mol. The van der Waals surface area contributed by atoms with Crippen LogP contribution in [0.15, 0.2) is 39.3 Å². The molecule has 4 rings (SSSR count). The zero-order valence-corrected chi connectivity index (χ0v) is 16.5. The van der Waals surface area contributed by atoms with Crippen LogP contribution in [0.2, 0.25) is 0 Å². The number of esters is 1. The van der Waals surface area contributed by atoms with Crippen LogP contribution in [0.3, 0.4) is 0 Å². The van der Waals surface area contributed by atoms with E-state index in [0.29, 0.717) is 5.56 Å². The Kier molecular flexibility index (Phi) is 4.06. The molecule has 0 aromatic heterocycles. The smallest absolute Gasteiger partial charge is 0.339 e. The van der Waals surface area contributed by atoms with Gasteiger partial charge in [0.1, 0.15) is 0 Å². The normalized spacial score (nSPS) is 17.5. The van der Waals surface area contributed by atoms with E-state index in [-0.39, 0.29) is 11.4 Å². The fraction of sp³-hybridized carbons (Fsp3) is 0.316. The number of carbonyl (C=O) groups is 1. The lowest BCUT2D eigenvalue weighted by molar-refractivity contribution is 0.0596. The maximum absolute atomic E-state index is 12.6. The van der Waals surface area contributed by atoms with Gasteiger partial charge in [0.25, 0.3) is 0 Å². The summed E-state index contributed by atoms with van der Waals surface area (Å²) in [6, 6.07) is 10.5. The molecule has 3 nitrogen and oxygen atoms in total. The molecule has 0 amide bonds. The summed E-state index contributed by atoms with van der Waals surface area (Å²) in [7, 11) is 1.45. The van der Waals surface area contributed by atoms with Gasteiger partial charge in [0.05, 0.1) is 12.7 Å². The monoisotopic (exact) mass is 449 g/mol. The van der Waals surface area contributed by atoms with Crippen LogP contribution in [-0.4, -0.2) is 26.2 Å². The van der Waals surface area contributed by atoms with Gasteiger partial charge in [0.2, 0.25) is 0 Å². The van der Waals surface area contributed by atoms with E-state index in [9.17, 15) is 4.79 Å². The number of methoxy groups -OCH3 is 1. The molecule has 0 saturated carbocycles. The summed E-state index contributed by atoms with van der Waals surface area (Å²) in [5, 5.41) is 3.45. The minimum atomic E-state index is -0.275. The van der Waals surface area contributed by atoms with Crippen LogP contribution in [0.5, 0.6) is 0 Å². The Bertz CT molecular complexity index is 842. The Morgan fingerprint density at radius 3 is 2.54 bits per heavy atom. The van der Waals surface area contributed by atoms with E-state index in [2.05, 4.69) is 61.4 Å². The zero-order chi connectivity index (χ0) is 16.9. The standard InChI is InChI=1S/C19H17Br2NO2/c1-24-18(23)16-15(21)5-4-13-12-3-2-11(20)10-14(12)19(17(13)16)6-8-22-9-7-19/h2-5,10,22H,6-9H2,1H3. The molecule has 124 valence electrons. The summed E-state index contributed by atoms with van der Waals surface area (Å²) >= 11 is 7.19. The zero-order valence-electron chi connectivity index (χ0n) is 13.3. The topological polar surface area (TPSA) is 38.3 Å². The summed E-state index contributed by atoms with van der Waals surface area (Å²) in [5.74, 6) is -0.275. The molecule has 1 heterocycles. The van der Waals surface area contributed by atoms with Gasteiger partial charge >= 0.3 is 5.97 Å². The van der Waals surface area contributed by atoms with Gasteiger partial charge in [-0.2, -0.15) is 0 Å². The van der Waals surface area contributed by atoms with E-state index in [4.69, 9.17) is 4.74 Å². The molecule has 0 atom stereocenters. The molecule has 2 aromatic rings. The van der Waals surface area contributed by atoms with E-state index in [1.807, 2.05) is 6.07 Å². The highest BCUT2D eigenvalue weighted by Gasteiger charge is 2.46. The van der Waals surface area contributed by atoms with Crippen LogP contribution in [0.4, 0.5) is 0 Å². The van der Waals surface area contributed by atoms with Gasteiger partial charge in [-0.3, -0.25) is 0 Å². The van der Waals surface area contributed by atoms with Crippen LogP contribution in [0.25, 0.3) is 11.1 Å². The van der Waals surface area contributed by atoms with Crippen molar-refractivity contribution in [1.29, 1.82) is 0 Å². The lowest BCUT2D eigenvalue weighted by Crippen LogP contribution is -2.40. The molecular formula is C19H17Br2NO2. The summed E-state index contributed by atoms with van der Waals surface area (Å²) in [6.07, 6.45) is 1.95. The summed E-state index contributed by atoms with van der Waals surface area (Å²) < 4.78 is 6.98. The van der Waals surface area contributed by atoms with Crippen molar-refractivity contribution < 1.29 is 9.53 Å². The number of hydrogen-bond donors (Lipinski definition) is 1. The average molecular weight is 451 g/mol. The van der Waals surface area contributed by atoms with Gasteiger partial charge in [0.15, 0.2) is 0 Å². The number of halogens is 2. The maximum atomic E-state index is 12.6. The van der Waals surface area contributed by atoms with Crippen molar-refractivity contribution in [2.24, 2.45) is 0 Å². The van der Waals surface area contributed by atoms with Crippen molar-refractivity contribution in [3.05, 3.63) is 56.0 Å². The number of benzene rings is 2. The van der Waals surface area contributed by atoms with E-state index in [1.165, 1.54) is 18.2 Å². The number of carbonyl (C=O) groups excluding carboxylic acids is 1. The van der Waals surface area contributed by atoms with Crippen molar-refractivity contribution in [2.45, 2.75) is 18.3 Å². The largest absolute Gasteiger partial charge is 0.465 e. The number of rotatable bonds is 1. The Balaban J connectivity index is 2.08. The van der Waals surface area contributed by atoms with Gasteiger partial charge in [-0.15, -0.1) is 0 Å². The maximum Gasteiger partial charge on any atom is 0.339 e. The van der Waals surface area contributed by atoms with Crippen molar-refractivity contribution in [3.8, 4) is 11.1 Å². The van der Waals surface area contributed by atoms with E-state index in [1.54, 1.807) is 0 Å². The van der Waals surface area contributed by atoms with Crippen molar-refractivity contribution >= 4 is 37.8 Å². The second-order valence-electron chi connectivity index (χ2n) is 6.36. The van der Waals surface area contributed by atoms with E-state index >= 15 is 0 Å². The first-order chi connectivity index (χ1) is 11.6. The Morgan fingerprint density at radius 2 is 1.83 bits per heavy atom. The highest BCUT2D eigenvalue weighted by Crippen LogP contribution is 2.56. The second-order valence-corrected chi connectivity index (χ2v) is 8.13. The Hall–Kier alpha value is -1.17. The van der Waals surface area contributed by atoms with Gasteiger partial charge in [-0.25, -0.2) is 4.79 Å². The second kappa shape index (κ2) is 5.97. The van der Waals surface area contributed by atoms with Gasteiger partial charge < -0.3 is 10.1 Å². The van der Waals surface area contributed by atoms with Crippen molar-refractivity contribution in [3.63, 3.8) is 0 Å². The third kappa shape index (κ3) is 2.21. The number of fused-ring (bicyclic) bond motifs is 5. The number of piperidine rings is 1. The third-order valence-electron chi connectivity index (χ3n) is 5.27. The molecular weight excluding hydrogens is 434 g/mol. The fourth-order valence-corrected chi connectivity index (χ4v) is 5.11. The highest BCUT2D eigenvalue weighted by molar-refractivity contribution is 9.10. The first kappa shape index (κ1) is 16.3. The van der Waals surface area contributed by atoms with Gasteiger partial charge in [0, 0.05) is 14.4 Å². The third-order valence-corrected chi connectivity index (χ3v) is 6.42. The molecule has 2 aromatic carbocycles. The SMILES string of the molecule is COC(=O)c1c(Br)ccc2c1C1(CCNCC1)c1cc(Br)ccc1-2. The molecule has 1 aliphatic heterocycles. The van der Waals surface area contributed by atoms with Gasteiger partial charge in [-0.1, -0.05) is 28.1 Å². The number of ether oxygens (including phenoxy) is 1. The minimum Gasteiger partial charge on any atom is -0.465 e. The van der Waals surface area contributed by atoms with Crippen LogP contribution >= 0.6 is 31.9 Å². The molecule has 1 saturated heterocycles. The fourth-order valence-electron chi connectivity index (χ4n) is 4.26. The van der Waals surface area contributed by atoms with Crippen LogP contribution in [0, 0.1) is 0 Å². The summed E-state index contributed by atoms with van der Waals surface area (Å²) in [5.41, 5.74) is 5.36. The number of nitrogens with one attached hydrogen (secondary N) is 1. The molecule has 0 radical (unpaired) electrons. The van der Waals surface area contributed by atoms with E-state index < -0.39 is 0 Å². The molecule has 1 N–H and O–H groups in total. The van der Waals surface area contributed by atoms with Crippen LogP contribution in [0.1, 0.15) is 34.3 Å². The quantitative estimate of drug-likeness (QED) is 0.642. The summed E-state index contributed by atoms with van der Waals surface area (Å²) in [6.45, 7) is 1.89. The van der Waals surface area contributed by atoms with E-state index in [0.717, 1.165) is 46.0 Å². The molecule has 1 aliphatic carbocycles. The lowest BCUT2D eigenvalue weighted by atomic mass is 9.70. The van der Waals surface area contributed by atoms with Crippen LogP contribution in [-0.2, 0) is 10.2 Å². The van der Waals surface area contributed by atoms with Crippen molar-refractivity contribution in [1.82, 2.24) is 5.32 Å². The van der Waals surface area contributed by atoms with Gasteiger partial charge in [-0.05, 0) is 82.3 Å². The number of hydrogen-bond acceptors (Lipinski definition) is 3. The van der Waals surface area contributed by atoms with Crippen LogP contribution < -0.4 is 5.32 Å². The molecule has 5 heteroatoms. The molecule has 1 spiro atoms. The Morgan fingerprint density at radius 1 is 1.12 bits per heavy atom. The minimum absolute atomic E-state index is 0.132. The predicted octanol–water partition coefficient (Wildman–Crippen LogP) is 4.65. The molecule has 2 aliphatic rings. The highest BCUT2D eigenvalue weighted by atomic mass is 79.9. The molecule has 0 bridgehead atoms. The molecule has 0 unspecified atom stereocenters. The first-order valence-electron chi connectivity index (χ1n) is 8.01. The summed E-state index contributed by atoms with van der Waals surface area (Å²) in [4.78, 5) is 12.6. The molecule has 24 heavy (non-hydrogen) atoms. The first-order valence-corrected chi connectivity index (χ1v) is 9.59. The van der Waals surface area contributed by atoms with Crippen molar-refractivity contribution in [2.75, 3.05) is 20.2 Å². The molecule has 1 fully saturated rings. The Labute approximate surface area is 158 Å². The average Bonchev–Trinajstić information content (AvgIpc) is 2.85. The lowest BCUT2D eigenvalue weighted by Gasteiger charge is -2.37.